The molecule has 0 aromatic carbocycles. The lowest BCUT2D eigenvalue weighted by atomic mass is 10.4. The van der Waals surface area contributed by atoms with Crippen LogP contribution in [-0.4, -0.2) is 23.6 Å². The van der Waals surface area contributed by atoms with Crippen molar-refractivity contribution in [3.05, 3.63) is 17.7 Å². The zero-order valence-electron chi connectivity index (χ0n) is 6.77. The smallest absolute Gasteiger partial charge is 0.279 e. The first kappa shape index (κ1) is 9.12. The van der Waals surface area contributed by atoms with Gasteiger partial charge < -0.3 is 10.3 Å². The Morgan fingerprint density at radius 1 is 1.67 bits per heavy atom. The Bertz CT molecular complexity index is 234. The number of nitrogens with one attached hydrogen (secondary N) is 2. The van der Waals surface area contributed by atoms with Crippen LogP contribution in [0.4, 0.5) is 8.78 Å². The maximum absolute atomic E-state index is 12.0. The molecule has 68 valence electrons. The topological polar surface area (TPSA) is 40.7 Å². The molecule has 0 radical (unpaired) electrons. The molecule has 0 spiro atoms. The number of imidazole rings is 1. The molecule has 1 aromatic heterocycles. The lowest BCUT2D eigenvalue weighted by Gasteiger charge is -1.95. The summed E-state index contributed by atoms with van der Waals surface area (Å²) in [6.45, 7) is 0.732. The SMILES string of the molecule is CNCCc1ncc(C(F)F)[nH]1. The van der Waals surface area contributed by atoms with Crippen LogP contribution in [0, 0.1) is 0 Å². The Hall–Kier alpha value is -0.970. The van der Waals surface area contributed by atoms with Gasteiger partial charge in [-0.15, -0.1) is 0 Å². The van der Waals surface area contributed by atoms with Crippen molar-refractivity contribution in [1.29, 1.82) is 0 Å². The standard InChI is InChI=1S/C7H11F2N3/c1-10-3-2-6-11-4-5(12-6)7(8)9/h4,7,10H,2-3H2,1H3,(H,11,12). The summed E-state index contributed by atoms with van der Waals surface area (Å²) in [5.74, 6) is 0.597. The summed E-state index contributed by atoms with van der Waals surface area (Å²) in [7, 11) is 1.80. The maximum atomic E-state index is 12.0. The molecule has 0 saturated heterocycles. The highest BCUT2D eigenvalue weighted by molar-refractivity contribution is 5.02. The van der Waals surface area contributed by atoms with Gasteiger partial charge in [-0.3, -0.25) is 0 Å². The highest BCUT2D eigenvalue weighted by atomic mass is 19.3. The molecule has 1 heterocycles. The first-order valence-corrected chi connectivity index (χ1v) is 3.70. The second kappa shape index (κ2) is 4.15. The van der Waals surface area contributed by atoms with Crippen molar-refractivity contribution in [2.45, 2.75) is 12.8 Å². The lowest BCUT2D eigenvalue weighted by molar-refractivity contribution is 0.146. The van der Waals surface area contributed by atoms with Gasteiger partial charge in [0.15, 0.2) is 0 Å². The monoisotopic (exact) mass is 175 g/mol. The van der Waals surface area contributed by atoms with E-state index in [4.69, 9.17) is 0 Å². The minimum Gasteiger partial charge on any atom is -0.341 e. The fraction of sp³-hybridized carbons (Fsp3) is 0.571. The molecule has 0 fully saturated rings. The summed E-state index contributed by atoms with van der Waals surface area (Å²) >= 11 is 0. The number of aromatic nitrogens is 2. The molecule has 0 amide bonds. The lowest BCUT2D eigenvalue weighted by Crippen LogP contribution is -2.11. The molecule has 0 bridgehead atoms. The van der Waals surface area contributed by atoms with E-state index in [0.29, 0.717) is 12.2 Å². The predicted molar refractivity (Wildman–Crippen MR) is 41.2 cm³/mol. The Morgan fingerprint density at radius 2 is 2.42 bits per heavy atom. The van der Waals surface area contributed by atoms with Gasteiger partial charge in [-0.05, 0) is 7.05 Å². The second-order valence-corrected chi connectivity index (χ2v) is 2.44. The zero-order valence-corrected chi connectivity index (χ0v) is 6.77. The van der Waals surface area contributed by atoms with Crippen molar-refractivity contribution in [3.63, 3.8) is 0 Å². The zero-order chi connectivity index (χ0) is 8.97. The predicted octanol–water partition coefficient (Wildman–Crippen LogP) is 1.11. The fourth-order valence-corrected chi connectivity index (χ4v) is 0.860. The molecule has 0 aliphatic heterocycles. The van der Waals surface area contributed by atoms with Crippen LogP contribution in [0.25, 0.3) is 0 Å². The van der Waals surface area contributed by atoms with Gasteiger partial charge in [0.25, 0.3) is 6.43 Å². The molecular formula is C7H11F2N3. The van der Waals surface area contributed by atoms with E-state index in [1.165, 1.54) is 6.20 Å². The third-order valence-electron chi connectivity index (χ3n) is 1.49. The number of H-pyrrole nitrogens is 1. The second-order valence-electron chi connectivity index (χ2n) is 2.44. The van der Waals surface area contributed by atoms with Crippen molar-refractivity contribution in [1.82, 2.24) is 15.3 Å². The number of nitrogens with zero attached hydrogens (tertiary/aromatic N) is 1. The van der Waals surface area contributed by atoms with Crippen LogP contribution in [0.1, 0.15) is 17.9 Å². The van der Waals surface area contributed by atoms with E-state index in [1.807, 2.05) is 0 Å². The minimum absolute atomic E-state index is 0.110. The van der Waals surface area contributed by atoms with Crippen molar-refractivity contribution >= 4 is 0 Å². The van der Waals surface area contributed by atoms with E-state index < -0.39 is 6.43 Å². The van der Waals surface area contributed by atoms with Crippen LogP contribution in [0.15, 0.2) is 6.20 Å². The van der Waals surface area contributed by atoms with Crippen LogP contribution in [-0.2, 0) is 6.42 Å². The number of hydrogen-bond acceptors (Lipinski definition) is 2. The van der Waals surface area contributed by atoms with E-state index in [9.17, 15) is 8.78 Å². The average Bonchev–Trinajstić information content (AvgIpc) is 2.48. The first-order valence-electron chi connectivity index (χ1n) is 3.70. The van der Waals surface area contributed by atoms with Crippen molar-refractivity contribution < 1.29 is 8.78 Å². The maximum Gasteiger partial charge on any atom is 0.279 e. The fourth-order valence-electron chi connectivity index (χ4n) is 0.860. The molecule has 0 unspecified atom stereocenters. The number of halogens is 2. The first-order chi connectivity index (χ1) is 5.74. The third-order valence-corrected chi connectivity index (χ3v) is 1.49. The molecule has 0 saturated carbocycles. The molecule has 3 nitrogen and oxygen atoms in total. The highest BCUT2D eigenvalue weighted by Crippen LogP contribution is 2.15. The third kappa shape index (κ3) is 2.27. The number of aromatic amines is 1. The number of likely N-dealkylation sites (N-methyl/N-ethyl adjacent to an activating group) is 1. The molecule has 2 N–H and O–H groups in total. The Balaban J connectivity index is 2.52. The van der Waals surface area contributed by atoms with Gasteiger partial charge in [-0.25, -0.2) is 13.8 Å². The van der Waals surface area contributed by atoms with E-state index in [1.54, 1.807) is 7.05 Å². The van der Waals surface area contributed by atoms with Crippen molar-refractivity contribution in [2.24, 2.45) is 0 Å². The Kier molecular flexibility index (Phi) is 3.16. The van der Waals surface area contributed by atoms with Gasteiger partial charge in [0.05, 0.1) is 6.20 Å². The molecule has 0 aliphatic rings. The van der Waals surface area contributed by atoms with Gasteiger partial charge in [-0.2, -0.15) is 0 Å². The number of hydrogen-bond donors (Lipinski definition) is 2. The molecule has 1 rings (SSSR count). The number of rotatable bonds is 4. The van der Waals surface area contributed by atoms with Gasteiger partial charge in [0.2, 0.25) is 0 Å². The van der Waals surface area contributed by atoms with E-state index in [2.05, 4.69) is 15.3 Å². The minimum atomic E-state index is -2.46. The quantitative estimate of drug-likeness (QED) is 0.719. The van der Waals surface area contributed by atoms with Gasteiger partial charge >= 0.3 is 0 Å². The van der Waals surface area contributed by atoms with Gasteiger partial charge in [0, 0.05) is 13.0 Å². The molecule has 12 heavy (non-hydrogen) atoms. The van der Waals surface area contributed by atoms with Crippen LogP contribution >= 0.6 is 0 Å². The Morgan fingerprint density at radius 3 is 2.92 bits per heavy atom. The summed E-state index contributed by atoms with van der Waals surface area (Å²) in [5, 5.41) is 2.91. The molecule has 0 aliphatic carbocycles. The summed E-state index contributed by atoms with van der Waals surface area (Å²) in [5.41, 5.74) is -0.110. The van der Waals surface area contributed by atoms with Crippen LogP contribution in [0.2, 0.25) is 0 Å². The number of alkyl halides is 2. The van der Waals surface area contributed by atoms with E-state index in [-0.39, 0.29) is 5.69 Å². The van der Waals surface area contributed by atoms with Crippen LogP contribution in [0.3, 0.4) is 0 Å². The normalized spacial score (nSPS) is 11.0. The molecule has 1 aromatic rings. The van der Waals surface area contributed by atoms with Crippen molar-refractivity contribution in [3.8, 4) is 0 Å². The van der Waals surface area contributed by atoms with Gasteiger partial charge in [0.1, 0.15) is 11.5 Å². The summed E-state index contributed by atoms with van der Waals surface area (Å²) in [4.78, 5) is 6.35. The highest BCUT2D eigenvalue weighted by Gasteiger charge is 2.09. The largest absolute Gasteiger partial charge is 0.341 e. The van der Waals surface area contributed by atoms with Crippen LogP contribution in [0.5, 0.6) is 0 Å². The summed E-state index contributed by atoms with van der Waals surface area (Å²) < 4.78 is 24.0. The van der Waals surface area contributed by atoms with Gasteiger partial charge in [-0.1, -0.05) is 0 Å². The molecule has 5 heteroatoms. The van der Waals surface area contributed by atoms with E-state index >= 15 is 0 Å². The average molecular weight is 175 g/mol. The summed E-state index contributed by atoms with van der Waals surface area (Å²) in [6, 6.07) is 0. The van der Waals surface area contributed by atoms with E-state index in [0.717, 1.165) is 6.54 Å². The molecular weight excluding hydrogens is 164 g/mol. The molecule has 0 atom stereocenters. The van der Waals surface area contributed by atoms with Crippen LogP contribution < -0.4 is 5.32 Å². The summed E-state index contributed by atoms with van der Waals surface area (Å²) in [6.07, 6.45) is -0.639. The Labute approximate surface area is 69.2 Å². The van der Waals surface area contributed by atoms with Crippen molar-refractivity contribution in [2.75, 3.05) is 13.6 Å².